The maximum absolute atomic E-state index is 11.9. The van der Waals surface area contributed by atoms with E-state index < -0.39 is 0 Å². The minimum atomic E-state index is -0.0518. The van der Waals surface area contributed by atoms with Crippen LogP contribution in [0.5, 0.6) is 0 Å². The number of carbonyl (C=O) groups is 1. The molecule has 0 spiro atoms. The van der Waals surface area contributed by atoms with Crippen LogP contribution in [0.25, 0.3) is 0 Å². The van der Waals surface area contributed by atoms with E-state index in [1.807, 2.05) is 20.9 Å². The van der Waals surface area contributed by atoms with Crippen LogP contribution < -0.4 is 5.32 Å². The predicted octanol–water partition coefficient (Wildman–Crippen LogP) is 0.680. The van der Waals surface area contributed by atoms with Gasteiger partial charge in [0.2, 0.25) is 5.91 Å². The van der Waals surface area contributed by atoms with Gasteiger partial charge in [-0.3, -0.25) is 9.69 Å². The molecule has 0 bridgehead atoms. The Bertz CT molecular complexity index is 278. The average Bonchev–Trinajstić information content (AvgIpc) is 3.08. The van der Waals surface area contributed by atoms with Crippen LogP contribution in [-0.4, -0.2) is 60.5 Å². The lowest BCUT2D eigenvalue weighted by atomic mass is 10.2. The second-order valence-corrected chi connectivity index (χ2v) is 5.45. The maximum Gasteiger partial charge on any atom is 0.239 e. The van der Waals surface area contributed by atoms with E-state index in [9.17, 15) is 4.79 Å². The van der Waals surface area contributed by atoms with Crippen molar-refractivity contribution in [3.63, 3.8) is 0 Å². The molecule has 0 aromatic rings. The van der Waals surface area contributed by atoms with Gasteiger partial charge in [-0.25, -0.2) is 0 Å². The van der Waals surface area contributed by atoms with Crippen LogP contribution in [0.1, 0.15) is 33.1 Å². The fraction of sp³-hybridized carbons (Fsp3) is 0.923. The summed E-state index contributed by atoms with van der Waals surface area (Å²) in [5.74, 6) is 0.206. The maximum atomic E-state index is 11.9. The number of likely N-dealkylation sites (N-methyl/N-ethyl adjacent to an activating group) is 1. The highest BCUT2D eigenvalue weighted by Gasteiger charge is 2.35. The van der Waals surface area contributed by atoms with E-state index in [1.165, 1.54) is 25.8 Å². The van der Waals surface area contributed by atoms with Crippen molar-refractivity contribution >= 4 is 5.91 Å². The van der Waals surface area contributed by atoms with Crippen molar-refractivity contribution in [2.75, 3.05) is 26.7 Å². The SMILES string of the molecule is CCN(C)C(=O)C(C)NC1CCN(C2CC2)C1. The van der Waals surface area contributed by atoms with Gasteiger partial charge in [-0.05, 0) is 33.1 Å². The Labute approximate surface area is 104 Å². The molecule has 2 atom stereocenters. The summed E-state index contributed by atoms with van der Waals surface area (Å²) in [7, 11) is 1.87. The summed E-state index contributed by atoms with van der Waals surface area (Å²) < 4.78 is 0. The Morgan fingerprint density at radius 3 is 2.76 bits per heavy atom. The second kappa shape index (κ2) is 5.36. The van der Waals surface area contributed by atoms with Crippen molar-refractivity contribution < 1.29 is 4.79 Å². The topological polar surface area (TPSA) is 35.6 Å². The zero-order chi connectivity index (χ0) is 12.4. The summed E-state index contributed by atoms with van der Waals surface area (Å²) in [5, 5.41) is 3.47. The number of rotatable bonds is 5. The Kier molecular flexibility index (Phi) is 4.05. The zero-order valence-electron chi connectivity index (χ0n) is 11.3. The van der Waals surface area contributed by atoms with Crippen molar-refractivity contribution in [2.24, 2.45) is 0 Å². The number of nitrogens with one attached hydrogen (secondary N) is 1. The highest BCUT2D eigenvalue weighted by atomic mass is 16.2. The third-order valence-corrected chi connectivity index (χ3v) is 3.99. The molecular weight excluding hydrogens is 214 g/mol. The van der Waals surface area contributed by atoms with Gasteiger partial charge in [-0.1, -0.05) is 0 Å². The molecule has 1 aliphatic heterocycles. The third kappa shape index (κ3) is 3.19. The lowest BCUT2D eigenvalue weighted by Gasteiger charge is -2.23. The summed E-state index contributed by atoms with van der Waals surface area (Å²) in [6, 6.07) is 1.30. The number of amides is 1. The van der Waals surface area contributed by atoms with Gasteiger partial charge in [0.15, 0.2) is 0 Å². The third-order valence-electron chi connectivity index (χ3n) is 3.99. The fourth-order valence-corrected chi connectivity index (χ4v) is 2.61. The molecule has 2 rings (SSSR count). The molecule has 98 valence electrons. The van der Waals surface area contributed by atoms with E-state index in [0.29, 0.717) is 6.04 Å². The summed E-state index contributed by atoms with van der Waals surface area (Å²) in [5.41, 5.74) is 0. The van der Waals surface area contributed by atoms with Gasteiger partial charge >= 0.3 is 0 Å². The summed E-state index contributed by atoms with van der Waals surface area (Å²) >= 11 is 0. The van der Waals surface area contributed by atoms with E-state index in [1.54, 1.807) is 4.90 Å². The van der Waals surface area contributed by atoms with Crippen LogP contribution in [-0.2, 0) is 4.79 Å². The van der Waals surface area contributed by atoms with Gasteiger partial charge in [0.1, 0.15) is 0 Å². The van der Waals surface area contributed by atoms with Gasteiger partial charge in [0, 0.05) is 38.8 Å². The van der Waals surface area contributed by atoms with E-state index >= 15 is 0 Å². The molecule has 0 radical (unpaired) electrons. The Morgan fingerprint density at radius 2 is 2.18 bits per heavy atom. The minimum Gasteiger partial charge on any atom is -0.345 e. The fourth-order valence-electron chi connectivity index (χ4n) is 2.61. The molecule has 1 aliphatic carbocycles. The quantitative estimate of drug-likeness (QED) is 0.766. The molecule has 2 aliphatic rings. The molecule has 1 saturated heterocycles. The van der Waals surface area contributed by atoms with Crippen molar-refractivity contribution in [2.45, 2.75) is 51.2 Å². The number of hydrogen-bond donors (Lipinski definition) is 1. The highest BCUT2D eigenvalue weighted by molar-refractivity contribution is 5.81. The van der Waals surface area contributed by atoms with Crippen LogP contribution >= 0.6 is 0 Å². The first-order valence-electron chi connectivity index (χ1n) is 6.87. The van der Waals surface area contributed by atoms with Crippen LogP contribution in [0, 0.1) is 0 Å². The largest absolute Gasteiger partial charge is 0.345 e. The first kappa shape index (κ1) is 12.8. The average molecular weight is 239 g/mol. The normalized spacial score (nSPS) is 27.1. The number of nitrogens with zero attached hydrogens (tertiary/aromatic N) is 2. The van der Waals surface area contributed by atoms with Gasteiger partial charge < -0.3 is 10.2 Å². The van der Waals surface area contributed by atoms with Crippen molar-refractivity contribution in [1.29, 1.82) is 0 Å². The monoisotopic (exact) mass is 239 g/mol. The Morgan fingerprint density at radius 1 is 1.47 bits per heavy atom. The lowest BCUT2D eigenvalue weighted by molar-refractivity contribution is -0.131. The smallest absolute Gasteiger partial charge is 0.239 e. The van der Waals surface area contributed by atoms with Crippen LogP contribution in [0.15, 0.2) is 0 Å². The number of hydrogen-bond acceptors (Lipinski definition) is 3. The molecule has 1 N–H and O–H groups in total. The Hall–Kier alpha value is -0.610. The molecular formula is C13H25N3O. The molecule has 0 aromatic heterocycles. The predicted molar refractivity (Wildman–Crippen MR) is 68.9 cm³/mol. The first-order valence-corrected chi connectivity index (χ1v) is 6.87. The van der Waals surface area contributed by atoms with Crippen molar-refractivity contribution in [3.05, 3.63) is 0 Å². The molecule has 1 amide bonds. The minimum absolute atomic E-state index is 0.0518. The van der Waals surface area contributed by atoms with E-state index in [0.717, 1.165) is 19.1 Å². The molecule has 4 nitrogen and oxygen atoms in total. The van der Waals surface area contributed by atoms with Gasteiger partial charge in [0.25, 0.3) is 0 Å². The molecule has 17 heavy (non-hydrogen) atoms. The summed E-state index contributed by atoms with van der Waals surface area (Å²) in [4.78, 5) is 16.3. The molecule has 2 unspecified atom stereocenters. The highest BCUT2D eigenvalue weighted by Crippen LogP contribution is 2.29. The molecule has 0 aromatic carbocycles. The standard InChI is InChI=1S/C13H25N3O/c1-4-15(3)13(17)10(2)14-11-7-8-16(9-11)12-5-6-12/h10-12,14H,4-9H2,1-3H3. The summed E-state index contributed by atoms with van der Waals surface area (Å²) in [6.45, 7) is 7.10. The molecule has 1 saturated carbocycles. The van der Waals surface area contributed by atoms with Crippen LogP contribution in [0.3, 0.4) is 0 Å². The first-order chi connectivity index (χ1) is 8.11. The van der Waals surface area contributed by atoms with E-state index in [2.05, 4.69) is 10.2 Å². The van der Waals surface area contributed by atoms with Crippen molar-refractivity contribution in [1.82, 2.24) is 15.1 Å². The van der Waals surface area contributed by atoms with E-state index in [-0.39, 0.29) is 11.9 Å². The zero-order valence-corrected chi connectivity index (χ0v) is 11.3. The second-order valence-electron chi connectivity index (χ2n) is 5.45. The molecule has 2 fully saturated rings. The van der Waals surface area contributed by atoms with Gasteiger partial charge in [-0.15, -0.1) is 0 Å². The van der Waals surface area contributed by atoms with E-state index in [4.69, 9.17) is 0 Å². The number of carbonyl (C=O) groups excluding carboxylic acids is 1. The lowest BCUT2D eigenvalue weighted by Crippen LogP contribution is -2.48. The number of likely N-dealkylation sites (tertiary alicyclic amines) is 1. The van der Waals surface area contributed by atoms with Crippen molar-refractivity contribution in [3.8, 4) is 0 Å². The molecule has 1 heterocycles. The van der Waals surface area contributed by atoms with Crippen LogP contribution in [0.2, 0.25) is 0 Å². The van der Waals surface area contributed by atoms with Gasteiger partial charge in [-0.2, -0.15) is 0 Å². The summed E-state index contributed by atoms with van der Waals surface area (Å²) in [6.07, 6.45) is 3.93. The Balaban J connectivity index is 1.75. The molecule has 4 heteroatoms. The van der Waals surface area contributed by atoms with Gasteiger partial charge in [0.05, 0.1) is 6.04 Å². The van der Waals surface area contributed by atoms with Crippen LogP contribution in [0.4, 0.5) is 0 Å².